The van der Waals surface area contributed by atoms with E-state index in [1.54, 1.807) is 0 Å². The number of hydrogen-bond donors (Lipinski definition) is 2. The number of nitrogen functional groups attached to an aromatic ring is 1. The third-order valence-corrected chi connectivity index (χ3v) is 3.36. The highest BCUT2D eigenvalue weighted by molar-refractivity contribution is 7.18. The Bertz CT molecular complexity index is 708. The molecule has 6 nitrogen and oxygen atoms in total. The molecule has 7 heteroatoms. The summed E-state index contributed by atoms with van der Waals surface area (Å²) in [5.41, 5.74) is 5.76. The van der Waals surface area contributed by atoms with Gasteiger partial charge in [-0.1, -0.05) is 23.5 Å². The standard InChI is InChI=1S/C11H10N6S/c1-6-9(10-16-17-11(15-12)18-10)14-8-5-3-2-4-7(8)13-6/h2-5H,12H2,1H3,(H,15,17). The molecule has 2 heterocycles. The van der Waals surface area contributed by atoms with Crippen molar-refractivity contribution in [1.82, 2.24) is 20.2 Å². The Morgan fingerprint density at radius 2 is 1.83 bits per heavy atom. The molecule has 90 valence electrons. The van der Waals surface area contributed by atoms with E-state index >= 15 is 0 Å². The second-order valence-electron chi connectivity index (χ2n) is 3.70. The number of rotatable bonds is 2. The molecule has 3 aromatic rings. The molecular weight excluding hydrogens is 248 g/mol. The summed E-state index contributed by atoms with van der Waals surface area (Å²) in [4.78, 5) is 9.08. The van der Waals surface area contributed by atoms with Gasteiger partial charge in [0.25, 0.3) is 0 Å². The summed E-state index contributed by atoms with van der Waals surface area (Å²) in [5.74, 6) is 5.29. The zero-order chi connectivity index (χ0) is 12.5. The predicted molar refractivity (Wildman–Crippen MR) is 71.0 cm³/mol. The van der Waals surface area contributed by atoms with Crippen LogP contribution in [0, 0.1) is 6.92 Å². The topological polar surface area (TPSA) is 89.6 Å². The van der Waals surface area contributed by atoms with Gasteiger partial charge in [-0.05, 0) is 19.1 Å². The van der Waals surface area contributed by atoms with E-state index in [4.69, 9.17) is 5.84 Å². The number of fused-ring (bicyclic) bond motifs is 1. The molecule has 0 radical (unpaired) electrons. The van der Waals surface area contributed by atoms with Gasteiger partial charge >= 0.3 is 0 Å². The van der Waals surface area contributed by atoms with Crippen molar-refractivity contribution < 1.29 is 0 Å². The fraction of sp³-hybridized carbons (Fsp3) is 0.0909. The largest absolute Gasteiger partial charge is 0.298 e. The van der Waals surface area contributed by atoms with E-state index in [0.717, 1.165) is 22.4 Å². The Labute approximate surface area is 107 Å². The molecule has 0 aliphatic heterocycles. The molecule has 0 saturated carbocycles. The van der Waals surface area contributed by atoms with E-state index in [0.29, 0.717) is 10.1 Å². The molecule has 0 amide bonds. The quantitative estimate of drug-likeness (QED) is 0.537. The van der Waals surface area contributed by atoms with Gasteiger partial charge in [0.2, 0.25) is 5.13 Å². The highest BCUT2D eigenvalue weighted by Gasteiger charge is 2.12. The maximum atomic E-state index is 5.29. The zero-order valence-corrected chi connectivity index (χ0v) is 10.4. The number of nitrogens with two attached hydrogens (primary N) is 1. The smallest absolute Gasteiger partial charge is 0.220 e. The second-order valence-corrected chi connectivity index (χ2v) is 4.68. The molecule has 0 aliphatic rings. The lowest BCUT2D eigenvalue weighted by atomic mass is 10.2. The van der Waals surface area contributed by atoms with Gasteiger partial charge in [-0.25, -0.2) is 15.8 Å². The first kappa shape index (κ1) is 11.0. The normalized spacial score (nSPS) is 10.8. The highest BCUT2D eigenvalue weighted by Crippen LogP contribution is 2.27. The molecule has 1 aromatic carbocycles. The Kier molecular flexibility index (Phi) is 2.62. The van der Waals surface area contributed by atoms with Crippen molar-refractivity contribution in [2.24, 2.45) is 5.84 Å². The summed E-state index contributed by atoms with van der Waals surface area (Å²) in [6.07, 6.45) is 0. The van der Waals surface area contributed by atoms with E-state index in [1.165, 1.54) is 11.3 Å². The van der Waals surface area contributed by atoms with Gasteiger partial charge in [0.1, 0.15) is 5.69 Å². The maximum Gasteiger partial charge on any atom is 0.220 e. The average Bonchev–Trinajstić information content (AvgIpc) is 2.86. The number of hydrazine groups is 1. The molecule has 0 unspecified atom stereocenters. The minimum atomic E-state index is 0.555. The van der Waals surface area contributed by atoms with Gasteiger partial charge in [0.15, 0.2) is 5.01 Å². The van der Waals surface area contributed by atoms with Crippen LogP contribution in [0.2, 0.25) is 0 Å². The first-order valence-corrected chi connectivity index (χ1v) is 6.13. The molecule has 0 bridgehead atoms. The first-order chi connectivity index (χ1) is 8.78. The van der Waals surface area contributed by atoms with Crippen LogP contribution in [-0.4, -0.2) is 20.2 Å². The number of aromatic nitrogens is 4. The lowest BCUT2D eigenvalue weighted by molar-refractivity contribution is 1.07. The molecular formula is C11H10N6S. The van der Waals surface area contributed by atoms with Crippen molar-refractivity contribution >= 4 is 27.5 Å². The Morgan fingerprint density at radius 1 is 1.11 bits per heavy atom. The summed E-state index contributed by atoms with van der Waals surface area (Å²) in [5, 5.41) is 9.21. The molecule has 3 N–H and O–H groups in total. The van der Waals surface area contributed by atoms with Crippen LogP contribution in [0.15, 0.2) is 24.3 Å². The number of para-hydroxylation sites is 2. The van der Waals surface area contributed by atoms with E-state index in [9.17, 15) is 0 Å². The van der Waals surface area contributed by atoms with Crippen LogP contribution >= 0.6 is 11.3 Å². The van der Waals surface area contributed by atoms with Gasteiger partial charge in [0, 0.05) is 0 Å². The lowest BCUT2D eigenvalue weighted by Crippen LogP contribution is -2.05. The predicted octanol–water partition coefficient (Wildman–Crippen LogP) is 1.74. The Hall–Kier alpha value is -2.12. The molecule has 2 aromatic heterocycles. The number of hydrogen-bond acceptors (Lipinski definition) is 7. The molecule has 0 aliphatic carbocycles. The third kappa shape index (κ3) is 1.79. The number of benzene rings is 1. The van der Waals surface area contributed by atoms with Gasteiger partial charge < -0.3 is 0 Å². The van der Waals surface area contributed by atoms with Gasteiger partial charge in [0.05, 0.1) is 16.7 Å². The number of nitrogens with one attached hydrogen (secondary N) is 1. The van der Waals surface area contributed by atoms with Crippen molar-refractivity contribution in [3.05, 3.63) is 30.0 Å². The third-order valence-electron chi connectivity index (χ3n) is 2.50. The molecule has 3 rings (SSSR count). The fourth-order valence-corrected chi connectivity index (χ4v) is 2.36. The molecule has 0 atom stereocenters. The summed E-state index contributed by atoms with van der Waals surface area (Å²) in [6, 6.07) is 7.74. The van der Waals surface area contributed by atoms with Crippen molar-refractivity contribution in [2.75, 3.05) is 5.43 Å². The van der Waals surface area contributed by atoms with Gasteiger partial charge in [-0.3, -0.25) is 5.43 Å². The Balaban J connectivity index is 2.19. The zero-order valence-electron chi connectivity index (χ0n) is 9.58. The van der Waals surface area contributed by atoms with Crippen LogP contribution in [-0.2, 0) is 0 Å². The van der Waals surface area contributed by atoms with Gasteiger partial charge in [-0.2, -0.15) is 0 Å². The summed E-state index contributed by atoms with van der Waals surface area (Å²) < 4.78 is 0. The minimum Gasteiger partial charge on any atom is -0.298 e. The summed E-state index contributed by atoms with van der Waals surface area (Å²) in [7, 11) is 0. The number of aryl methyl sites for hydroxylation is 1. The average molecular weight is 258 g/mol. The van der Waals surface area contributed by atoms with Crippen molar-refractivity contribution in [1.29, 1.82) is 0 Å². The minimum absolute atomic E-state index is 0.555. The monoisotopic (exact) mass is 258 g/mol. The molecule has 0 spiro atoms. The number of anilines is 1. The molecule has 0 fully saturated rings. The van der Waals surface area contributed by atoms with Crippen molar-refractivity contribution in [3.63, 3.8) is 0 Å². The lowest BCUT2D eigenvalue weighted by Gasteiger charge is -2.02. The van der Waals surface area contributed by atoms with Crippen LogP contribution in [0.25, 0.3) is 21.7 Å². The van der Waals surface area contributed by atoms with Crippen molar-refractivity contribution in [3.8, 4) is 10.7 Å². The van der Waals surface area contributed by atoms with Crippen LogP contribution in [0.5, 0.6) is 0 Å². The van der Waals surface area contributed by atoms with E-state index < -0.39 is 0 Å². The van der Waals surface area contributed by atoms with E-state index in [2.05, 4.69) is 25.6 Å². The van der Waals surface area contributed by atoms with Crippen LogP contribution in [0.1, 0.15) is 5.69 Å². The summed E-state index contributed by atoms with van der Waals surface area (Å²) >= 11 is 1.35. The maximum absolute atomic E-state index is 5.29. The van der Waals surface area contributed by atoms with Crippen LogP contribution < -0.4 is 11.3 Å². The van der Waals surface area contributed by atoms with Crippen LogP contribution in [0.4, 0.5) is 5.13 Å². The molecule has 18 heavy (non-hydrogen) atoms. The Morgan fingerprint density at radius 3 is 2.50 bits per heavy atom. The molecule has 0 saturated heterocycles. The van der Waals surface area contributed by atoms with E-state index in [1.807, 2.05) is 31.2 Å². The van der Waals surface area contributed by atoms with Crippen LogP contribution in [0.3, 0.4) is 0 Å². The van der Waals surface area contributed by atoms with Crippen molar-refractivity contribution in [2.45, 2.75) is 6.92 Å². The van der Waals surface area contributed by atoms with Gasteiger partial charge in [-0.15, -0.1) is 10.2 Å². The summed E-state index contributed by atoms with van der Waals surface area (Å²) in [6.45, 7) is 1.91. The fourth-order valence-electron chi connectivity index (χ4n) is 1.67. The highest BCUT2D eigenvalue weighted by atomic mass is 32.1. The van der Waals surface area contributed by atoms with E-state index in [-0.39, 0.29) is 0 Å². The number of nitrogens with zero attached hydrogens (tertiary/aromatic N) is 4. The first-order valence-electron chi connectivity index (χ1n) is 5.32. The SMILES string of the molecule is Cc1nc2ccccc2nc1-c1nnc(NN)s1. The second kappa shape index (κ2) is 4.28.